The van der Waals surface area contributed by atoms with E-state index in [0.717, 1.165) is 29.4 Å². The van der Waals surface area contributed by atoms with Crippen molar-refractivity contribution in [1.82, 2.24) is 5.32 Å². The van der Waals surface area contributed by atoms with Crippen molar-refractivity contribution in [2.45, 2.75) is 25.8 Å². The van der Waals surface area contributed by atoms with Crippen LogP contribution < -0.4 is 5.32 Å². The first-order valence-electron chi connectivity index (χ1n) is 6.51. The van der Waals surface area contributed by atoms with Crippen LogP contribution >= 0.6 is 38.9 Å². The summed E-state index contributed by atoms with van der Waals surface area (Å²) in [4.78, 5) is 1.26. The summed E-state index contributed by atoms with van der Waals surface area (Å²) in [6, 6.07) is 7.25. The van der Waals surface area contributed by atoms with Gasteiger partial charge in [-0.3, -0.25) is 0 Å². The van der Waals surface area contributed by atoms with E-state index in [9.17, 15) is 4.39 Å². The lowest BCUT2D eigenvalue weighted by atomic mass is 10.0. The predicted molar refractivity (Wildman–Crippen MR) is 88.2 cm³/mol. The molecule has 1 unspecified atom stereocenters. The Labute approximate surface area is 136 Å². The highest BCUT2D eigenvalue weighted by Crippen LogP contribution is 2.27. The maximum atomic E-state index is 13.6. The largest absolute Gasteiger partial charge is 0.310 e. The Balaban J connectivity index is 2.19. The van der Waals surface area contributed by atoms with E-state index in [4.69, 9.17) is 11.6 Å². The van der Waals surface area contributed by atoms with Crippen molar-refractivity contribution >= 4 is 38.9 Å². The Morgan fingerprint density at radius 3 is 2.80 bits per heavy atom. The van der Waals surface area contributed by atoms with Crippen LogP contribution in [0.4, 0.5) is 4.39 Å². The first kappa shape index (κ1) is 16.0. The number of halogens is 3. The molecule has 0 amide bonds. The molecule has 0 aliphatic heterocycles. The lowest BCUT2D eigenvalue weighted by molar-refractivity contribution is 0.527. The summed E-state index contributed by atoms with van der Waals surface area (Å²) >= 11 is 10.9. The van der Waals surface area contributed by atoms with Crippen molar-refractivity contribution in [2.75, 3.05) is 6.54 Å². The van der Waals surface area contributed by atoms with Crippen LogP contribution in [0.2, 0.25) is 5.02 Å². The predicted octanol–water partition coefficient (Wildman–Crippen LogP) is 5.59. The zero-order chi connectivity index (χ0) is 14.5. The molecule has 1 nitrogen and oxygen atoms in total. The third kappa shape index (κ3) is 4.29. The summed E-state index contributed by atoms with van der Waals surface area (Å²) in [6.07, 6.45) is 1.89. The zero-order valence-corrected chi connectivity index (χ0v) is 14.3. The van der Waals surface area contributed by atoms with E-state index < -0.39 is 0 Å². The van der Waals surface area contributed by atoms with Crippen molar-refractivity contribution in [2.24, 2.45) is 0 Å². The lowest BCUT2D eigenvalue weighted by Gasteiger charge is -2.18. The number of thiophene rings is 1. The molecule has 0 radical (unpaired) electrons. The van der Waals surface area contributed by atoms with E-state index in [1.165, 1.54) is 10.9 Å². The van der Waals surface area contributed by atoms with Gasteiger partial charge in [0.1, 0.15) is 5.82 Å². The van der Waals surface area contributed by atoms with Gasteiger partial charge in [0.05, 0.1) is 5.02 Å². The molecule has 2 rings (SSSR count). The molecular formula is C15H16BrClFNS. The Hall–Kier alpha value is -0.420. The minimum atomic E-state index is -0.361. The number of hydrogen-bond donors (Lipinski definition) is 1. The average molecular weight is 377 g/mol. The van der Waals surface area contributed by atoms with Gasteiger partial charge in [-0.15, -0.1) is 11.3 Å². The van der Waals surface area contributed by atoms with Crippen molar-refractivity contribution in [3.05, 3.63) is 55.4 Å². The van der Waals surface area contributed by atoms with Crippen molar-refractivity contribution < 1.29 is 4.39 Å². The maximum Gasteiger partial charge on any atom is 0.142 e. The average Bonchev–Trinajstić information content (AvgIpc) is 2.83. The lowest BCUT2D eigenvalue weighted by Crippen LogP contribution is -2.24. The van der Waals surface area contributed by atoms with Gasteiger partial charge in [0.2, 0.25) is 0 Å². The molecule has 0 aliphatic rings. The summed E-state index contributed by atoms with van der Waals surface area (Å²) in [5, 5.41) is 5.70. The van der Waals surface area contributed by atoms with E-state index in [-0.39, 0.29) is 16.9 Å². The molecule has 20 heavy (non-hydrogen) atoms. The smallest absolute Gasteiger partial charge is 0.142 e. The molecule has 0 bridgehead atoms. The van der Waals surface area contributed by atoms with Gasteiger partial charge in [0.25, 0.3) is 0 Å². The van der Waals surface area contributed by atoms with Gasteiger partial charge in [-0.25, -0.2) is 4.39 Å². The van der Waals surface area contributed by atoms with Crippen LogP contribution in [-0.2, 0) is 6.42 Å². The molecule has 108 valence electrons. The fourth-order valence-corrected chi connectivity index (χ4v) is 3.63. The molecule has 1 atom stereocenters. The second-order valence-electron chi connectivity index (χ2n) is 4.62. The highest BCUT2D eigenvalue weighted by atomic mass is 79.9. The van der Waals surface area contributed by atoms with Gasteiger partial charge in [0.15, 0.2) is 0 Å². The standard InChI is InChI=1S/C15H16BrClFNS/c1-2-5-19-15(8-12-7-11(16)9-20-12)10-3-4-13(17)14(18)6-10/h3-4,6-7,9,15,19H,2,5,8H2,1H3. The fraction of sp³-hybridized carbons (Fsp3) is 0.333. The van der Waals surface area contributed by atoms with Gasteiger partial charge in [0, 0.05) is 27.2 Å². The van der Waals surface area contributed by atoms with Crippen LogP contribution in [0.1, 0.15) is 29.8 Å². The normalized spacial score (nSPS) is 12.6. The third-order valence-corrected chi connectivity index (χ3v) is 5.04. The zero-order valence-electron chi connectivity index (χ0n) is 11.1. The minimum Gasteiger partial charge on any atom is -0.310 e. The summed E-state index contributed by atoms with van der Waals surface area (Å²) in [5.74, 6) is -0.361. The van der Waals surface area contributed by atoms with Crippen LogP contribution in [0.25, 0.3) is 0 Å². The fourth-order valence-electron chi connectivity index (χ4n) is 2.02. The Kier molecular flexibility index (Phi) is 6.02. The number of rotatable bonds is 6. The maximum absolute atomic E-state index is 13.6. The number of nitrogens with one attached hydrogen (secondary N) is 1. The molecule has 1 N–H and O–H groups in total. The topological polar surface area (TPSA) is 12.0 Å². The Morgan fingerprint density at radius 1 is 1.40 bits per heavy atom. The molecule has 1 aromatic carbocycles. The van der Waals surface area contributed by atoms with Crippen LogP contribution in [0.3, 0.4) is 0 Å². The summed E-state index contributed by atoms with van der Waals surface area (Å²) < 4.78 is 14.7. The highest BCUT2D eigenvalue weighted by Gasteiger charge is 2.14. The molecule has 2 aromatic rings. The second-order valence-corrected chi connectivity index (χ2v) is 6.93. The Morgan fingerprint density at radius 2 is 2.20 bits per heavy atom. The molecule has 5 heteroatoms. The van der Waals surface area contributed by atoms with Crippen molar-refractivity contribution in [3.63, 3.8) is 0 Å². The van der Waals surface area contributed by atoms with Crippen LogP contribution in [0, 0.1) is 5.82 Å². The number of benzene rings is 1. The molecule has 1 aromatic heterocycles. The van der Waals surface area contributed by atoms with Crippen molar-refractivity contribution in [3.8, 4) is 0 Å². The van der Waals surface area contributed by atoms with E-state index in [1.807, 2.05) is 6.07 Å². The summed E-state index contributed by atoms with van der Waals surface area (Å²) in [7, 11) is 0. The van der Waals surface area contributed by atoms with E-state index in [1.54, 1.807) is 17.4 Å². The Bertz CT molecular complexity index is 573. The van der Waals surface area contributed by atoms with Gasteiger partial charge in [-0.1, -0.05) is 24.6 Å². The van der Waals surface area contributed by atoms with Gasteiger partial charge < -0.3 is 5.32 Å². The molecule has 0 saturated carbocycles. The first-order chi connectivity index (χ1) is 9.60. The quantitative estimate of drug-likeness (QED) is 0.693. The monoisotopic (exact) mass is 375 g/mol. The molecular weight excluding hydrogens is 361 g/mol. The second kappa shape index (κ2) is 7.55. The summed E-state index contributed by atoms with van der Waals surface area (Å²) in [5.41, 5.74) is 0.935. The van der Waals surface area contributed by atoms with Crippen LogP contribution in [-0.4, -0.2) is 6.54 Å². The third-order valence-electron chi connectivity index (χ3n) is 3.01. The molecule has 0 spiro atoms. The van der Waals surface area contributed by atoms with Gasteiger partial charge in [-0.05, 0) is 52.7 Å². The van der Waals surface area contributed by atoms with Crippen LogP contribution in [0.15, 0.2) is 34.1 Å². The minimum absolute atomic E-state index is 0.104. The van der Waals surface area contributed by atoms with Crippen LogP contribution in [0.5, 0.6) is 0 Å². The van der Waals surface area contributed by atoms with Gasteiger partial charge in [-0.2, -0.15) is 0 Å². The first-order valence-corrected chi connectivity index (χ1v) is 8.56. The van der Waals surface area contributed by atoms with E-state index >= 15 is 0 Å². The van der Waals surface area contributed by atoms with Gasteiger partial charge >= 0.3 is 0 Å². The molecule has 0 fully saturated rings. The molecule has 0 aliphatic carbocycles. The summed E-state index contributed by atoms with van der Waals surface area (Å²) in [6.45, 7) is 3.02. The molecule has 0 saturated heterocycles. The van der Waals surface area contributed by atoms with E-state index in [0.29, 0.717) is 0 Å². The van der Waals surface area contributed by atoms with E-state index in [2.05, 4.69) is 39.6 Å². The number of hydrogen-bond acceptors (Lipinski definition) is 2. The molecule has 1 heterocycles. The van der Waals surface area contributed by atoms with Crippen molar-refractivity contribution in [1.29, 1.82) is 0 Å². The SMILES string of the molecule is CCCNC(Cc1cc(Br)cs1)c1ccc(Cl)c(F)c1. The highest BCUT2D eigenvalue weighted by molar-refractivity contribution is 9.10.